The standard InChI is InChI=1S/C15H15F2N3O2/c1-9-18-14(22-19-9)10-3-2-6-20(8-10)15(21)12-5-4-11(16)7-13(12)17/h4-5,7,10H,2-3,6,8H2,1H3/t10-/m1/s1. The van der Waals surface area contributed by atoms with Crippen molar-refractivity contribution in [3.05, 3.63) is 47.1 Å². The molecule has 3 rings (SSSR count). The number of halogens is 2. The van der Waals surface area contributed by atoms with E-state index in [4.69, 9.17) is 4.52 Å². The highest BCUT2D eigenvalue weighted by Crippen LogP contribution is 2.27. The van der Waals surface area contributed by atoms with Gasteiger partial charge in [0.1, 0.15) is 11.6 Å². The fourth-order valence-electron chi connectivity index (χ4n) is 2.68. The number of rotatable bonds is 2. The van der Waals surface area contributed by atoms with E-state index in [0.29, 0.717) is 24.8 Å². The molecule has 1 amide bonds. The maximum absolute atomic E-state index is 13.8. The number of carbonyl (C=O) groups is 1. The molecule has 0 spiro atoms. The molecule has 1 aromatic carbocycles. The molecule has 0 radical (unpaired) electrons. The Labute approximate surface area is 125 Å². The van der Waals surface area contributed by atoms with Crippen LogP contribution in [0.5, 0.6) is 0 Å². The SMILES string of the molecule is Cc1noc([C@@H]2CCCN(C(=O)c3ccc(F)cc3F)C2)n1. The van der Waals surface area contributed by atoms with Crippen molar-refractivity contribution < 1.29 is 18.1 Å². The number of piperidine rings is 1. The molecule has 1 saturated heterocycles. The van der Waals surface area contributed by atoms with Crippen molar-refractivity contribution in [2.75, 3.05) is 13.1 Å². The summed E-state index contributed by atoms with van der Waals surface area (Å²) >= 11 is 0. The van der Waals surface area contributed by atoms with Gasteiger partial charge in [0.15, 0.2) is 5.82 Å². The summed E-state index contributed by atoms with van der Waals surface area (Å²) in [6.45, 7) is 2.64. The average molecular weight is 307 g/mol. The van der Waals surface area contributed by atoms with E-state index in [0.717, 1.165) is 25.0 Å². The quantitative estimate of drug-likeness (QED) is 0.856. The molecule has 22 heavy (non-hydrogen) atoms. The molecule has 0 unspecified atom stereocenters. The van der Waals surface area contributed by atoms with Crippen LogP contribution in [-0.2, 0) is 0 Å². The third kappa shape index (κ3) is 2.84. The first-order valence-electron chi connectivity index (χ1n) is 7.09. The van der Waals surface area contributed by atoms with Gasteiger partial charge in [0, 0.05) is 19.2 Å². The van der Waals surface area contributed by atoms with Crippen LogP contribution in [0.1, 0.15) is 40.8 Å². The highest BCUT2D eigenvalue weighted by molar-refractivity contribution is 5.94. The van der Waals surface area contributed by atoms with E-state index in [1.807, 2.05) is 0 Å². The Bertz CT molecular complexity index is 702. The molecule has 116 valence electrons. The van der Waals surface area contributed by atoms with Crippen molar-refractivity contribution in [2.24, 2.45) is 0 Å². The van der Waals surface area contributed by atoms with E-state index in [2.05, 4.69) is 10.1 Å². The topological polar surface area (TPSA) is 59.2 Å². The Kier molecular flexibility index (Phi) is 3.87. The summed E-state index contributed by atoms with van der Waals surface area (Å²) in [6, 6.07) is 2.97. The van der Waals surface area contributed by atoms with Crippen molar-refractivity contribution >= 4 is 5.91 Å². The summed E-state index contributed by atoms with van der Waals surface area (Å²) < 4.78 is 31.9. The number of likely N-dealkylation sites (tertiary alicyclic amines) is 1. The van der Waals surface area contributed by atoms with Crippen LogP contribution < -0.4 is 0 Å². The Morgan fingerprint density at radius 2 is 2.23 bits per heavy atom. The molecule has 1 aromatic heterocycles. The maximum Gasteiger partial charge on any atom is 0.256 e. The van der Waals surface area contributed by atoms with Crippen LogP contribution in [0, 0.1) is 18.6 Å². The lowest BCUT2D eigenvalue weighted by Gasteiger charge is -2.31. The highest BCUT2D eigenvalue weighted by atomic mass is 19.1. The second-order valence-corrected chi connectivity index (χ2v) is 5.39. The number of hydrogen-bond acceptors (Lipinski definition) is 4. The van der Waals surface area contributed by atoms with Crippen LogP contribution in [0.4, 0.5) is 8.78 Å². The zero-order valence-corrected chi connectivity index (χ0v) is 12.1. The van der Waals surface area contributed by atoms with E-state index in [1.165, 1.54) is 6.07 Å². The summed E-state index contributed by atoms with van der Waals surface area (Å²) in [5.74, 6) is -1.01. The summed E-state index contributed by atoms with van der Waals surface area (Å²) in [5, 5.41) is 3.75. The van der Waals surface area contributed by atoms with E-state index in [9.17, 15) is 13.6 Å². The highest BCUT2D eigenvalue weighted by Gasteiger charge is 2.29. The van der Waals surface area contributed by atoms with Crippen molar-refractivity contribution in [3.8, 4) is 0 Å². The molecule has 1 aliphatic rings. The number of hydrogen-bond donors (Lipinski definition) is 0. The van der Waals surface area contributed by atoms with Crippen LogP contribution in [0.3, 0.4) is 0 Å². The van der Waals surface area contributed by atoms with E-state index >= 15 is 0 Å². The third-order valence-electron chi connectivity index (χ3n) is 3.76. The number of amides is 1. The third-order valence-corrected chi connectivity index (χ3v) is 3.76. The molecule has 1 atom stereocenters. The van der Waals surface area contributed by atoms with E-state index < -0.39 is 17.5 Å². The number of benzene rings is 1. The van der Waals surface area contributed by atoms with Gasteiger partial charge in [-0.15, -0.1) is 0 Å². The van der Waals surface area contributed by atoms with Crippen LogP contribution in [0.15, 0.2) is 22.7 Å². The van der Waals surface area contributed by atoms with Crippen LogP contribution in [0.25, 0.3) is 0 Å². The lowest BCUT2D eigenvalue weighted by atomic mass is 9.97. The zero-order chi connectivity index (χ0) is 15.7. The van der Waals surface area contributed by atoms with Gasteiger partial charge in [-0.1, -0.05) is 5.16 Å². The minimum Gasteiger partial charge on any atom is -0.339 e. The number of aryl methyl sites for hydroxylation is 1. The molecule has 1 aliphatic heterocycles. The van der Waals surface area contributed by atoms with Gasteiger partial charge in [-0.2, -0.15) is 4.98 Å². The van der Waals surface area contributed by atoms with Crippen molar-refractivity contribution in [3.63, 3.8) is 0 Å². The van der Waals surface area contributed by atoms with Gasteiger partial charge >= 0.3 is 0 Å². The predicted octanol–water partition coefficient (Wildman–Crippen LogP) is 2.68. The fourth-order valence-corrected chi connectivity index (χ4v) is 2.68. The van der Waals surface area contributed by atoms with Gasteiger partial charge in [-0.25, -0.2) is 8.78 Å². The largest absolute Gasteiger partial charge is 0.339 e. The van der Waals surface area contributed by atoms with Gasteiger partial charge in [0.05, 0.1) is 11.5 Å². The first kappa shape index (κ1) is 14.6. The maximum atomic E-state index is 13.8. The first-order chi connectivity index (χ1) is 10.5. The Morgan fingerprint density at radius 1 is 1.41 bits per heavy atom. The minimum absolute atomic E-state index is 0.0533. The molecule has 2 heterocycles. The fraction of sp³-hybridized carbons (Fsp3) is 0.400. The van der Waals surface area contributed by atoms with Crippen LogP contribution in [-0.4, -0.2) is 34.0 Å². The number of aromatic nitrogens is 2. The number of nitrogens with zero attached hydrogens (tertiary/aromatic N) is 3. The summed E-state index contributed by atoms with van der Waals surface area (Å²) in [4.78, 5) is 18.1. The Hall–Kier alpha value is -2.31. The Morgan fingerprint density at radius 3 is 2.91 bits per heavy atom. The van der Waals surface area contributed by atoms with Gasteiger partial charge < -0.3 is 9.42 Å². The van der Waals surface area contributed by atoms with E-state index in [-0.39, 0.29) is 11.5 Å². The van der Waals surface area contributed by atoms with Crippen LogP contribution >= 0.6 is 0 Å². The van der Waals surface area contributed by atoms with Crippen LogP contribution in [0.2, 0.25) is 0 Å². The number of carbonyl (C=O) groups excluding carboxylic acids is 1. The molecule has 0 saturated carbocycles. The molecular weight excluding hydrogens is 292 g/mol. The van der Waals surface area contributed by atoms with Crippen molar-refractivity contribution in [2.45, 2.75) is 25.7 Å². The van der Waals surface area contributed by atoms with Gasteiger partial charge in [0.2, 0.25) is 5.89 Å². The van der Waals surface area contributed by atoms with Crippen molar-refractivity contribution in [1.82, 2.24) is 15.0 Å². The van der Waals surface area contributed by atoms with E-state index in [1.54, 1.807) is 11.8 Å². The van der Waals surface area contributed by atoms with Gasteiger partial charge in [-0.3, -0.25) is 4.79 Å². The van der Waals surface area contributed by atoms with Gasteiger partial charge in [0.25, 0.3) is 5.91 Å². The molecule has 7 heteroatoms. The smallest absolute Gasteiger partial charge is 0.256 e. The summed E-state index contributed by atoms with van der Waals surface area (Å²) in [5.41, 5.74) is -0.122. The molecular formula is C15H15F2N3O2. The molecule has 0 aliphatic carbocycles. The molecule has 1 fully saturated rings. The minimum atomic E-state index is -0.847. The Balaban J connectivity index is 1.78. The van der Waals surface area contributed by atoms with Gasteiger partial charge in [-0.05, 0) is 31.9 Å². The normalized spacial score (nSPS) is 18.5. The van der Waals surface area contributed by atoms with Crippen molar-refractivity contribution in [1.29, 1.82) is 0 Å². The first-order valence-corrected chi connectivity index (χ1v) is 7.09. The second-order valence-electron chi connectivity index (χ2n) is 5.39. The lowest BCUT2D eigenvalue weighted by Crippen LogP contribution is -2.39. The summed E-state index contributed by atoms with van der Waals surface area (Å²) in [6.07, 6.45) is 1.60. The lowest BCUT2D eigenvalue weighted by molar-refractivity contribution is 0.0691. The summed E-state index contributed by atoms with van der Waals surface area (Å²) in [7, 11) is 0. The monoisotopic (exact) mass is 307 g/mol. The molecule has 0 N–H and O–H groups in total. The second kappa shape index (κ2) is 5.82. The zero-order valence-electron chi connectivity index (χ0n) is 12.1. The average Bonchev–Trinajstić information content (AvgIpc) is 2.93. The molecule has 0 bridgehead atoms. The molecule has 5 nitrogen and oxygen atoms in total. The predicted molar refractivity (Wildman–Crippen MR) is 73.3 cm³/mol. The molecule has 2 aromatic rings.